The molecule has 1 heterocycles. The first-order valence-corrected chi connectivity index (χ1v) is 9.29. The van der Waals surface area contributed by atoms with Gasteiger partial charge in [-0.1, -0.05) is 11.6 Å². The van der Waals surface area contributed by atoms with Gasteiger partial charge in [-0.15, -0.1) is 0 Å². The van der Waals surface area contributed by atoms with Crippen molar-refractivity contribution < 1.29 is 23.5 Å². The molecule has 1 aliphatic heterocycles. The van der Waals surface area contributed by atoms with Crippen LogP contribution in [0.2, 0.25) is 5.02 Å². The van der Waals surface area contributed by atoms with Gasteiger partial charge < -0.3 is 19.7 Å². The van der Waals surface area contributed by atoms with E-state index in [0.29, 0.717) is 6.54 Å². The Morgan fingerprint density at radius 1 is 1.33 bits per heavy atom. The number of anilines is 1. The van der Waals surface area contributed by atoms with Crippen LogP contribution in [0.25, 0.3) is 0 Å². The molecule has 1 atom stereocenters. The van der Waals surface area contributed by atoms with Gasteiger partial charge in [0, 0.05) is 12.6 Å². The van der Waals surface area contributed by atoms with Gasteiger partial charge in [0.05, 0.1) is 29.3 Å². The molecule has 2 amide bonds. The quantitative estimate of drug-likeness (QED) is 0.757. The lowest BCUT2D eigenvalue weighted by atomic mass is 9.97. The fraction of sp³-hybridized carbons (Fsp3) is 0.579. The van der Waals surface area contributed by atoms with Crippen molar-refractivity contribution in [1.82, 2.24) is 4.90 Å². The van der Waals surface area contributed by atoms with E-state index in [2.05, 4.69) is 5.32 Å². The number of nitrogens with zero attached hydrogens (tertiary/aromatic N) is 1. The SMILES string of the molecule is COc1cc(NC(=O)N2CCCCC2COC(=O)C(C)(C)C)c(F)cc1Cl. The minimum Gasteiger partial charge on any atom is -0.495 e. The second-order valence-electron chi connectivity index (χ2n) is 7.59. The molecule has 2 rings (SSSR count). The van der Waals surface area contributed by atoms with Gasteiger partial charge in [-0.05, 0) is 46.1 Å². The van der Waals surface area contributed by atoms with E-state index in [-0.39, 0.29) is 35.1 Å². The summed E-state index contributed by atoms with van der Waals surface area (Å²) in [5.41, 5.74) is -0.623. The lowest BCUT2D eigenvalue weighted by Crippen LogP contribution is -2.48. The second-order valence-corrected chi connectivity index (χ2v) is 8.00. The van der Waals surface area contributed by atoms with E-state index in [1.807, 2.05) is 0 Å². The molecule has 0 bridgehead atoms. The molecule has 8 heteroatoms. The Morgan fingerprint density at radius 2 is 2.04 bits per heavy atom. The number of amides is 2. The van der Waals surface area contributed by atoms with E-state index in [0.717, 1.165) is 25.3 Å². The van der Waals surface area contributed by atoms with Crippen LogP contribution in [0.5, 0.6) is 5.75 Å². The molecule has 0 saturated carbocycles. The van der Waals surface area contributed by atoms with E-state index < -0.39 is 17.3 Å². The van der Waals surface area contributed by atoms with Crippen molar-refractivity contribution in [2.45, 2.75) is 46.1 Å². The van der Waals surface area contributed by atoms with Crippen LogP contribution in [0.3, 0.4) is 0 Å². The smallest absolute Gasteiger partial charge is 0.322 e. The van der Waals surface area contributed by atoms with Crippen LogP contribution in [-0.4, -0.2) is 43.2 Å². The van der Waals surface area contributed by atoms with E-state index in [4.69, 9.17) is 21.1 Å². The number of benzene rings is 1. The molecule has 1 unspecified atom stereocenters. The van der Waals surface area contributed by atoms with Crippen molar-refractivity contribution >= 4 is 29.3 Å². The highest BCUT2D eigenvalue weighted by atomic mass is 35.5. The molecule has 1 fully saturated rings. The number of halogens is 2. The molecule has 27 heavy (non-hydrogen) atoms. The summed E-state index contributed by atoms with van der Waals surface area (Å²) in [6.07, 6.45) is 2.49. The van der Waals surface area contributed by atoms with Gasteiger partial charge in [0.25, 0.3) is 0 Å². The summed E-state index contributed by atoms with van der Waals surface area (Å²) in [6.45, 7) is 5.96. The molecule has 1 saturated heterocycles. The van der Waals surface area contributed by atoms with Crippen LogP contribution >= 0.6 is 11.6 Å². The predicted octanol–water partition coefficient (Wildman–Crippen LogP) is 4.46. The maximum atomic E-state index is 14.1. The zero-order valence-electron chi connectivity index (χ0n) is 16.1. The number of hydrogen-bond acceptors (Lipinski definition) is 4. The number of piperidine rings is 1. The first-order chi connectivity index (χ1) is 12.6. The Morgan fingerprint density at radius 3 is 2.67 bits per heavy atom. The van der Waals surface area contributed by atoms with Crippen LogP contribution in [0.1, 0.15) is 40.0 Å². The number of urea groups is 1. The zero-order valence-corrected chi connectivity index (χ0v) is 16.9. The van der Waals surface area contributed by atoms with E-state index >= 15 is 0 Å². The monoisotopic (exact) mass is 400 g/mol. The summed E-state index contributed by atoms with van der Waals surface area (Å²) in [6, 6.07) is 1.74. The van der Waals surface area contributed by atoms with Gasteiger partial charge in [-0.3, -0.25) is 4.79 Å². The number of ether oxygens (including phenoxy) is 2. The Kier molecular flexibility index (Phi) is 6.92. The first-order valence-electron chi connectivity index (χ1n) is 8.91. The van der Waals surface area contributed by atoms with Crippen LogP contribution in [0.15, 0.2) is 12.1 Å². The average molecular weight is 401 g/mol. The fourth-order valence-electron chi connectivity index (χ4n) is 2.80. The highest BCUT2D eigenvalue weighted by Crippen LogP contribution is 2.31. The minimum absolute atomic E-state index is 0.0164. The van der Waals surface area contributed by atoms with Gasteiger partial charge in [-0.25, -0.2) is 9.18 Å². The van der Waals surface area contributed by atoms with Crippen molar-refractivity contribution in [2.24, 2.45) is 5.41 Å². The molecular weight excluding hydrogens is 375 g/mol. The van der Waals surface area contributed by atoms with E-state index in [1.165, 1.54) is 13.2 Å². The standard InChI is InChI=1S/C19H26ClFN2O4/c1-19(2,3)17(24)27-11-12-7-5-6-8-23(12)18(25)22-15-10-16(26-4)13(20)9-14(15)21/h9-10,12H,5-8,11H2,1-4H3,(H,22,25). The molecule has 150 valence electrons. The van der Waals surface area contributed by atoms with Gasteiger partial charge >= 0.3 is 12.0 Å². The van der Waals surface area contributed by atoms with Gasteiger partial charge in [0.1, 0.15) is 18.2 Å². The van der Waals surface area contributed by atoms with Gasteiger partial charge in [0.15, 0.2) is 0 Å². The largest absolute Gasteiger partial charge is 0.495 e. The van der Waals surface area contributed by atoms with Gasteiger partial charge in [0.2, 0.25) is 0 Å². The van der Waals surface area contributed by atoms with Crippen molar-refractivity contribution in [1.29, 1.82) is 0 Å². The van der Waals surface area contributed by atoms with Crippen molar-refractivity contribution in [3.8, 4) is 5.75 Å². The minimum atomic E-state index is -0.651. The topological polar surface area (TPSA) is 67.9 Å². The first kappa shape index (κ1) is 21.3. The lowest BCUT2D eigenvalue weighted by Gasteiger charge is -2.35. The zero-order chi connectivity index (χ0) is 20.2. The number of methoxy groups -OCH3 is 1. The number of carbonyl (C=O) groups is 2. The van der Waals surface area contributed by atoms with Crippen molar-refractivity contribution in [3.05, 3.63) is 23.0 Å². The molecule has 0 aromatic heterocycles. The molecule has 0 radical (unpaired) electrons. The van der Waals surface area contributed by atoms with Crippen LogP contribution < -0.4 is 10.1 Å². The molecule has 1 aromatic carbocycles. The maximum absolute atomic E-state index is 14.1. The second kappa shape index (κ2) is 8.78. The van der Waals surface area contributed by atoms with Gasteiger partial charge in [-0.2, -0.15) is 0 Å². The van der Waals surface area contributed by atoms with Crippen molar-refractivity contribution in [2.75, 3.05) is 25.6 Å². The Labute approximate surface area is 163 Å². The Bertz CT molecular complexity index is 706. The number of rotatable bonds is 4. The third-order valence-electron chi connectivity index (χ3n) is 4.39. The van der Waals surface area contributed by atoms with E-state index in [1.54, 1.807) is 25.7 Å². The molecule has 1 N–H and O–H groups in total. The van der Waals surface area contributed by atoms with Crippen LogP contribution in [0, 0.1) is 11.2 Å². The summed E-state index contributed by atoms with van der Waals surface area (Å²) >= 11 is 5.88. The lowest BCUT2D eigenvalue weighted by molar-refractivity contribution is -0.154. The number of carbonyl (C=O) groups excluding carboxylic acids is 2. The maximum Gasteiger partial charge on any atom is 0.322 e. The van der Waals surface area contributed by atoms with Crippen LogP contribution in [0.4, 0.5) is 14.9 Å². The number of esters is 1. The summed E-state index contributed by atoms with van der Waals surface area (Å²) in [5.74, 6) is -0.702. The molecular formula is C19H26ClFN2O4. The Balaban J connectivity index is 2.08. The third kappa shape index (κ3) is 5.48. The number of likely N-dealkylation sites (tertiary alicyclic amines) is 1. The molecule has 1 aliphatic rings. The average Bonchev–Trinajstić information content (AvgIpc) is 2.61. The van der Waals surface area contributed by atoms with Crippen molar-refractivity contribution in [3.63, 3.8) is 0 Å². The third-order valence-corrected chi connectivity index (χ3v) is 4.69. The summed E-state index contributed by atoms with van der Waals surface area (Å²) in [5, 5.41) is 2.69. The highest BCUT2D eigenvalue weighted by molar-refractivity contribution is 6.32. The Hall–Kier alpha value is -2.02. The van der Waals surface area contributed by atoms with E-state index in [9.17, 15) is 14.0 Å². The number of hydrogen-bond donors (Lipinski definition) is 1. The molecule has 0 spiro atoms. The molecule has 6 nitrogen and oxygen atoms in total. The summed E-state index contributed by atoms with van der Waals surface area (Å²) in [4.78, 5) is 26.3. The summed E-state index contributed by atoms with van der Waals surface area (Å²) in [7, 11) is 1.41. The normalized spacial score (nSPS) is 17.4. The van der Waals surface area contributed by atoms with Crippen LogP contribution in [-0.2, 0) is 9.53 Å². The fourth-order valence-corrected chi connectivity index (χ4v) is 3.03. The predicted molar refractivity (Wildman–Crippen MR) is 102 cm³/mol. The summed E-state index contributed by atoms with van der Waals surface area (Å²) < 4.78 is 24.6. The number of nitrogens with one attached hydrogen (secondary N) is 1. The highest BCUT2D eigenvalue weighted by Gasteiger charge is 2.30. The molecule has 0 aliphatic carbocycles. The molecule has 1 aromatic rings.